The number of rotatable bonds is 5. The fourth-order valence-electron chi connectivity index (χ4n) is 2.65. The third-order valence-electron chi connectivity index (χ3n) is 3.82. The minimum Gasteiger partial charge on any atom is -0.469 e. The van der Waals surface area contributed by atoms with Crippen LogP contribution >= 0.6 is 0 Å². The van der Waals surface area contributed by atoms with Crippen LogP contribution in [0.4, 0.5) is 0 Å². The van der Waals surface area contributed by atoms with E-state index in [1.807, 2.05) is 12.1 Å². The van der Waals surface area contributed by atoms with Crippen molar-refractivity contribution >= 4 is 0 Å². The second-order valence-corrected chi connectivity index (χ2v) is 5.06. The quantitative estimate of drug-likeness (QED) is 0.772. The van der Waals surface area contributed by atoms with Crippen molar-refractivity contribution in [3.8, 4) is 0 Å². The Morgan fingerprint density at radius 3 is 3.00 bits per heavy atom. The molecule has 0 bridgehead atoms. The van der Waals surface area contributed by atoms with Crippen LogP contribution in [0.5, 0.6) is 0 Å². The van der Waals surface area contributed by atoms with Crippen LogP contribution in [0.1, 0.15) is 38.4 Å². The van der Waals surface area contributed by atoms with Crippen LogP contribution in [-0.2, 0) is 6.42 Å². The molecule has 2 rings (SSSR count). The van der Waals surface area contributed by atoms with E-state index >= 15 is 0 Å². The highest BCUT2D eigenvalue weighted by molar-refractivity contribution is 4.98. The Balaban J connectivity index is 1.60. The molecule has 1 fully saturated rings. The van der Waals surface area contributed by atoms with Gasteiger partial charge in [0.1, 0.15) is 5.76 Å². The number of nitrogens with one attached hydrogen (secondary N) is 1. The maximum Gasteiger partial charge on any atom is 0.105 e. The summed E-state index contributed by atoms with van der Waals surface area (Å²) in [6, 6.07) is 4.00. The molecule has 0 amide bonds. The Bertz CT molecular complexity index is 281. The van der Waals surface area contributed by atoms with Crippen molar-refractivity contribution in [3.63, 3.8) is 0 Å². The van der Waals surface area contributed by atoms with Crippen molar-refractivity contribution < 1.29 is 4.42 Å². The topological polar surface area (TPSA) is 25.2 Å². The Morgan fingerprint density at radius 2 is 2.25 bits per heavy atom. The highest BCUT2D eigenvalue weighted by Gasteiger charge is 2.20. The maximum absolute atomic E-state index is 5.31. The number of hydrogen-bond donors (Lipinski definition) is 1. The second-order valence-electron chi connectivity index (χ2n) is 5.06. The Kier molecular flexibility index (Phi) is 4.46. The van der Waals surface area contributed by atoms with E-state index in [4.69, 9.17) is 4.42 Å². The van der Waals surface area contributed by atoms with Crippen LogP contribution in [0.3, 0.4) is 0 Å². The third-order valence-corrected chi connectivity index (χ3v) is 3.82. The zero-order valence-electron chi connectivity index (χ0n) is 10.2. The Labute approximate surface area is 98.4 Å². The van der Waals surface area contributed by atoms with Gasteiger partial charge in [0.25, 0.3) is 0 Å². The second kappa shape index (κ2) is 6.09. The molecule has 90 valence electrons. The molecular weight excluding hydrogens is 198 g/mol. The van der Waals surface area contributed by atoms with Crippen molar-refractivity contribution in [2.24, 2.45) is 11.8 Å². The summed E-state index contributed by atoms with van der Waals surface area (Å²) >= 11 is 0. The largest absolute Gasteiger partial charge is 0.469 e. The summed E-state index contributed by atoms with van der Waals surface area (Å²) in [6.07, 6.45) is 8.45. The summed E-state index contributed by atoms with van der Waals surface area (Å²) in [5, 5.41) is 3.56. The first kappa shape index (κ1) is 11.7. The van der Waals surface area contributed by atoms with E-state index in [0.717, 1.165) is 30.6 Å². The molecule has 0 aliphatic heterocycles. The highest BCUT2D eigenvalue weighted by Crippen LogP contribution is 2.28. The van der Waals surface area contributed by atoms with Crippen LogP contribution in [0, 0.1) is 11.8 Å². The zero-order chi connectivity index (χ0) is 11.2. The molecule has 0 spiro atoms. The van der Waals surface area contributed by atoms with Crippen molar-refractivity contribution in [3.05, 3.63) is 24.2 Å². The van der Waals surface area contributed by atoms with Crippen molar-refractivity contribution in [2.45, 2.75) is 39.0 Å². The van der Waals surface area contributed by atoms with E-state index in [9.17, 15) is 0 Å². The van der Waals surface area contributed by atoms with Gasteiger partial charge >= 0.3 is 0 Å². The monoisotopic (exact) mass is 221 g/mol. The molecule has 1 aliphatic carbocycles. The van der Waals surface area contributed by atoms with Gasteiger partial charge in [-0.25, -0.2) is 0 Å². The van der Waals surface area contributed by atoms with Gasteiger partial charge in [0.2, 0.25) is 0 Å². The zero-order valence-corrected chi connectivity index (χ0v) is 10.2. The molecule has 0 radical (unpaired) electrons. The van der Waals surface area contributed by atoms with Gasteiger partial charge in [-0.05, 0) is 36.9 Å². The van der Waals surface area contributed by atoms with E-state index in [-0.39, 0.29) is 0 Å². The third kappa shape index (κ3) is 3.38. The lowest BCUT2D eigenvalue weighted by molar-refractivity contribution is 0.248. The lowest BCUT2D eigenvalue weighted by Gasteiger charge is -2.28. The first-order chi connectivity index (χ1) is 7.86. The SMILES string of the molecule is CC1CCCCC1CNCCc1ccco1. The number of furan rings is 1. The van der Waals surface area contributed by atoms with E-state index in [0.29, 0.717) is 0 Å². The van der Waals surface area contributed by atoms with E-state index in [2.05, 4.69) is 12.2 Å². The molecular formula is C14H23NO. The molecule has 2 atom stereocenters. The predicted octanol–water partition coefficient (Wildman–Crippen LogP) is 3.24. The number of hydrogen-bond acceptors (Lipinski definition) is 2. The Morgan fingerprint density at radius 1 is 1.38 bits per heavy atom. The van der Waals surface area contributed by atoms with Gasteiger partial charge in [-0.2, -0.15) is 0 Å². The smallest absolute Gasteiger partial charge is 0.105 e. The molecule has 1 aromatic rings. The van der Waals surface area contributed by atoms with Gasteiger partial charge in [0.05, 0.1) is 6.26 Å². The summed E-state index contributed by atoms with van der Waals surface area (Å²) in [5.41, 5.74) is 0. The fourth-order valence-corrected chi connectivity index (χ4v) is 2.65. The average Bonchev–Trinajstić information content (AvgIpc) is 2.79. The summed E-state index contributed by atoms with van der Waals surface area (Å²) in [5.74, 6) is 2.89. The van der Waals surface area contributed by atoms with Crippen molar-refractivity contribution in [2.75, 3.05) is 13.1 Å². The lowest BCUT2D eigenvalue weighted by Crippen LogP contribution is -2.30. The molecule has 2 nitrogen and oxygen atoms in total. The fraction of sp³-hybridized carbons (Fsp3) is 0.714. The standard InChI is InChI=1S/C14H23NO/c1-12-5-2-3-6-13(12)11-15-9-8-14-7-4-10-16-14/h4,7,10,12-13,15H,2-3,5-6,8-9,11H2,1H3. The highest BCUT2D eigenvalue weighted by atomic mass is 16.3. The predicted molar refractivity (Wildman–Crippen MR) is 66.4 cm³/mol. The molecule has 1 aromatic heterocycles. The first-order valence-corrected chi connectivity index (χ1v) is 6.59. The van der Waals surface area contributed by atoms with E-state index in [1.54, 1.807) is 6.26 Å². The summed E-state index contributed by atoms with van der Waals surface area (Å²) < 4.78 is 5.31. The van der Waals surface area contributed by atoms with Gasteiger partial charge < -0.3 is 9.73 Å². The van der Waals surface area contributed by atoms with Gasteiger partial charge in [0, 0.05) is 13.0 Å². The maximum atomic E-state index is 5.31. The first-order valence-electron chi connectivity index (χ1n) is 6.59. The van der Waals surface area contributed by atoms with Crippen LogP contribution in [0.2, 0.25) is 0 Å². The van der Waals surface area contributed by atoms with Gasteiger partial charge in [0.15, 0.2) is 0 Å². The lowest BCUT2D eigenvalue weighted by atomic mass is 9.80. The van der Waals surface area contributed by atoms with Gasteiger partial charge in [-0.15, -0.1) is 0 Å². The van der Waals surface area contributed by atoms with Crippen LogP contribution in [0.15, 0.2) is 22.8 Å². The van der Waals surface area contributed by atoms with Crippen molar-refractivity contribution in [1.29, 1.82) is 0 Å². The summed E-state index contributed by atoms with van der Waals surface area (Å²) in [7, 11) is 0. The molecule has 1 heterocycles. The minimum atomic E-state index is 0.894. The minimum absolute atomic E-state index is 0.894. The van der Waals surface area contributed by atoms with Crippen molar-refractivity contribution in [1.82, 2.24) is 5.32 Å². The molecule has 1 saturated carbocycles. The normalized spacial score (nSPS) is 25.8. The van der Waals surface area contributed by atoms with Gasteiger partial charge in [-0.3, -0.25) is 0 Å². The molecule has 0 saturated heterocycles. The molecule has 1 aliphatic rings. The van der Waals surface area contributed by atoms with Gasteiger partial charge in [-0.1, -0.05) is 26.2 Å². The molecule has 2 unspecified atom stereocenters. The molecule has 0 aromatic carbocycles. The van der Waals surface area contributed by atoms with Crippen LogP contribution in [0.25, 0.3) is 0 Å². The molecule has 2 heteroatoms. The van der Waals surface area contributed by atoms with Crippen LogP contribution in [-0.4, -0.2) is 13.1 Å². The summed E-state index contributed by atoms with van der Waals surface area (Å²) in [4.78, 5) is 0. The molecule has 16 heavy (non-hydrogen) atoms. The summed E-state index contributed by atoms with van der Waals surface area (Å²) in [6.45, 7) is 4.62. The van der Waals surface area contributed by atoms with E-state index in [1.165, 1.54) is 32.2 Å². The van der Waals surface area contributed by atoms with Crippen LogP contribution < -0.4 is 5.32 Å². The molecule has 1 N–H and O–H groups in total. The van der Waals surface area contributed by atoms with E-state index < -0.39 is 0 Å². The average molecular weight is 221 g/mol. The Hall–Kier alpha value is -0.760.